The van der Waals surface area contributed by atoms with Crippen LogP contribution in [0, 0.1) is 5.92 Å². The molecule has 0 aromatic rings. The van der Waals surface area contributed by atoms with E-state index in [2.05, 4.69) is 13.2 Å². The van der Waals surface area contributed by atoms with E-state index in [-0.39, 0.29) is 37.7 Å². The summed E-state index contributed by atoms with van der Waals surface area (Å²) >= 11 is 0. The summed E-state index contributed by atoms with van der Waals surface area (Å²) in [4.78, 5) is 22.0. The first kappa shape index (κ1) is 24.5. The van der Waals surface area contributed by atoms with Gasteiger partial charge in [0.15, 0.2) is 0 Å². The van der Waals surface area contributed by atoms with Gasteiger partial charge < -0.3 is 19.8 Å². The Morgan fingerprint density at radius 2 is 1.65 bits per heavy atom. The van der Waals surface area contributed by atoms with Crippen molar-refractivity contribution in [1.82, 2.24) is 0 Å². The third-order valence-electron chi connectivity index (χ3n) is 2.50. The van der Waals surface area contributed by atoms with Crippen LogP contribution in [0.15, 0.2) is 25.3 Å². The van der Waals surface area contributed by atoms with Crippen molar-refractivity contribution in [2.75, 3.05) is 0 Å². The Kier molecular flexibility index (Phi) is 11.6. The third kappa shape index (κ3) is 4.82. The van der Waals surface area contributed by atoms with Gasteiger partial charge in [0.05, 0.1) is 5.97 Å². The Morgan fingerprint density at radius 3 is 1.85 bits per heavy atom. The number of carboxylic acids is 2. The van der Waals surface area contributed by atoms with Crippen molar-refractivity contribution >= 4 is 22.1 Å². The fourth-order valence-electron chi connectivity index (χ4n) is 1.62. The van der Waals surface area contributed by atoms with Gasteiger partial charge in [0.2, 0.25) is 0 Å². The first-order chi connectivity index (χ1) is 8.15. The molecule has 0 aliphatic carbocycles. The fraction of sp³-hybridized carbons (Fsp3) is 0.400. The Hall–Kier alpha value is -0.475. The zero-order chi connectivity index (χ0) is 14.6. The van der Waals surface area contributed by atoms with Gasteiger partial charge in [-0.05, 0) is 12.8 Å². The van der Waals surface area contributed by atoms with Crippen LogP contribution in [0.1, 0.15) is 12.8 Å². The van der Waals surface area contributed by atoms with Crippen LogP contribution in [0.2, 0.25) is 0 Å². The van der Waals surface area contributed by atoms with Gasteiger partial charge in [-0.1, -0.05) is 12.2 Å². The predicted octanol–water partition coefficient (Wildman–Crippen LogP) is -8.11. The third-order valence-corrected chi connectivity index (χ3v) is 4.04. The minimum atomic E-state index is -5.26. The van der Waals surface area contributed by atoms with Gasteiger partial charge in [-0.3, -0.25) is 4.55 Å². The van der Waals surface area contributed by atoms with Crippen LogP contribution < -0.4 is 47.9 Å². The zero-order valence-corrected chi connectivity index (χ0v) is 12.2. The number of carboxylic acid groups (broad SMARTS) is 2. The largest absolute Gasteiger partial charge is 1.00 e. The summed E-state index contributed by atoms with van der Waals surface area (Å²) in [6.07, 6.45) is 0.514. The van der Waals surface area contributed by atoms with Crippen LogP contribution in [0.25, 0.3) is 0 Å². The van der Waals surface area contributed by atoms with Gasteiger partial charge >= 0.3 is 37.7 Å². The molecule has 0 aromatic carbocycles. The molecule has 0 bridgehead atoms. The van der Waals surface area contributed by atoms with Crippen molar-refractivity contribution < 1.29 is 70.5 Å². The van der Waals surface area contributed by atoms with Crippen LogP contribution in [-0.2, 0) is 19.7 Å². The topological polar surface area (TPSA) is 135 Å². The van der Waals surface area contributed by atoms with Gasteiger partial charge in [-0.15, -0.1) is 13.2 Å². The average molecular weight is 290 g/mol. The van der Waals surface area contributed by atoms with Crippen molar-refractivity contribution in [2.24, 2.45) is 5.92 Å². The molecule has 0 fully saturated rings. The summed E-state index contributed by atoms with van der Waals surface area (Å²) in [5, 5.41) is 22.0. The van der Waals surface area contributed by atoms with E-state index < -0.39 is 45.6 Å². The minimum Gasteiger partial charge on any atom is -0.550 e. The van der Waals surface area contributed by atoms with E-state index in [1.165, 1.54) is 0 Å². The molecule has 2 unspecified atom stereocenters. The summed E-state index contributed by atoms with van der Waals surface area (Å²) < 4.78 is 28.5. The normalized spacial score (nSPS) is 14.7. The standard InChI is InChI=1S/C10H14O7S.2Li/c1-3-5-7(8(11)12)10(6-4-2,9(13)14)18(15,16)17;;/h3-4,7H,1-2,5-6H2,(H,11,12)(H,13,14)(H,15,16,17);;/q;2*+1/p-2. The number of carbonyl (C=O) groups is 2. The molecule has 7 nitrogen and oxygen atoms in total. The Morgan fingerprint density at radius 1 is 1.20 bits per heavy atom. The minimum absolute atomic E-state index is 0. The maximum absolute atomic E-state index is 11.3. The molecular weight excluding hydrogens is 278 g/mol. The summed E-state index contributed by atoms with van der Waals surface area (Å²) in [6.45, 7) is 6.33. The molecule has 0 aliphatic rings. The maximum Gasteiger partial charge on any atom is 1.00 e. The second-order valence-corrected chi connectivity index (χ2v) is 5.22. The molecule has 20 heavy (non-hydrogen) atoms. The maximum atomic E-state index is 11.3. The number of allylic oxidation sites excluding steroid dienone is 2. The summed E-state index contributed by atoms with van der Waals surface area (Å²) in [5.74, 6) is -6.22. The Balaban J connectivity index is -0.00000144. The molecule has 0 rings (SSSR count). The smallest absolute Gasteiger partial charge is 0.550 e. The molecule has 0 radical (unpaired) electrons. The number of hydrogen-bond donors (Lipinski definition) is 1. The molecule has 0 saturated carbocycles. The van der Waals surface area contributed by atoms with E-state index in [9.17, 15) is 28.2 Å². The molecule has 0 amide bonds. The summed E-state index contributed by atoms with van der Waals surface area (Å²) in [7, 11) is -5.26. The van der Waals surface area contributed by atoms with Crippen molar-refractivity contribution in [1.29, 1.82) is 0 Å². The van der Waals surface area contributed by atoms with E-state index in [0.29, 0.717) is 0 Å². The van der Waals surface area contributed by atoms with Crippen molar-refractivity contribution in [3.8, 4) is 0 Å². The number of aliphatic carboxylic acids is 2. The number of rotatable bonds is 8. The molecule has 10 heteroatoms. The second-order valence-electron chi connectivity index (χ2n) is 3.54. The molecular formula is C10H12Li2O7S. The Bertz CT molecular complexity index is 474. The molecule has 0 spiro atoms. The second kappa shape index (κ2) is 9.46. The molecule has 0 heterocycles. The monoisotopic (exact) mass is 290 g/mol. The van der Waals surface area contributed by atoms with Gasteiger partial charge in [-0.2, -0.15) is 8.42 Å². The van der Waals surface area contributed by atoms with E-state index in [1.807, 2.05) is 0 Å². The number of hydrogen-bond acceptors (Lipinski definition) is 6. The summed E-state index contributed by atoms with van der Waals surface area (Å²) in [5.41, 5.74) is 0. The van der Waals surface area contributed by atoms with Gasteiger partial charge in [0.1, 0.15) is 4.75 Å². The van der Waals surface area contributed by atoms with Gasteiger partial charge in [0.25, 0.3) is 10.1 Å². The zero-order valence-electron chi connectivity index (χ0n) is 11.4. The quantitative estimate of drug-likeness (QED) is 0.266. The van der Waals surface area contributed by atoms with Gasteiger partial charge in [-0.25, -0.2) is 0 Å². The van der Waals surface area contributed by atoms with E-state index in [1.54, 1.807) is 0 Å². The van der Waals surface area contributed by atoms with Crippen LogP contribution >= 0.6 is 0 Å². The predicted molar refractivity (Wildman–Crippen MR) is 57.4 cm³/mol. The molecule has 1 N–H and O–H groups in total. The van der Waals surface area contributed by atoms with Crippen LogP contribution in [0.5, 0.6) is 0 Å². The average Bonchev–Trinajstić information content (AvgIpc) is 2.20. The first-order valence-electron chi connectivity index (χ1n) is 4.76. The van der Waals surface area contributed by atoms with Crippen molar-refractivity contribution in [3.05, 3.63) is 25.3 Å². The number of carbonyl (C=O) groups excluding carboxylic acids is 2. The van der Waals surface area contributed by atoms with Crippen LogP contribution in [0.4, 0.5) is 0 Å². The van der Waals surface area contributed by atoms with Crippen molar-refractivity contribution in [2.45, 2.75) is 17.6 Å². The van der Waals surface area contributed by atoms with E-state index >= 15 is 0 Å². The van der Waals surface area contributed by atoms with Crippen LogP contribution in [-0.4, -0.2) is 29.7 Å². The van der Waals surface area contributed by atoms with Gasteiger partial charge in [0, 0.05) is 11.9 Å². The molecule has 0 aromatic heterocycles. The van der Waals surface area contributed by atoms with E-state index in [0.717, 1.165) is 12.2 Å². The van der Waals surface area contributed by atoms with Crippen LogP contribution in [0.3, 0.4) is 0 Å². The summed E-state index contributed by atoms with van der Waals surface area (Å²) in [6, 6.07) is 0. The fourth-order valence-corrected chi connectivity index (χ4v) is 2.71. The molecule has 0 aliphatic heterocycles. The first-order valence-corrected chi connectivity index (χ1v) is 6.20. The molecule has 0 saturated heterocycles. The van der Waals surface area contributed by atoms with Crippen molar-refractivity contribution in [3.63, 3.8) is 0 Å². The molecule has 102 valence electrons. The molecule has 2 atom stereocenters. The SMILES string of the molecule is C=CCC(C(=O)[O-])C(CC=C)(C(=O)[O-])S(=O)(=O)O.[Li+].[Li+]. The van der Waals surface area contributed by atoms with E-state index in [4.69, 9.17) is 4.55 Å². The Labute approximate surface area is 141 Å².